The number of anilines is 1. The van der Waals surface area contributed by atoms with E-state index in [4.69, 9.17) is 15.1 Å². The third-order valence-electron chi connectivity index (χ3n) is 7.40. The Bertz CT molecular complexity index is 2040. The molecular formula is C34H31F2N7O2S. The predicted octanol–water partition coefficient (Wildman–Crippen LogP) is 7.08. The maximum atomic E-state index is 13.8. The van der Waals surface area contributed by atoms with E-state index in [9.17, 15) is 13.6 Å². The topological polar surface area (TPSA) is 133 Å². The van der Waals surface area contributed by atoms with E-state index in [0.29, 0.717) is 71.2 Å². The van der Waals surface area contributed by atoms with Gasteiger partial charge in [-0.1, -0.05) is 26.0 Å². The van der Waals surface area contributed by atoms with E-state index in [-0.39, 0.29) is 17.6 Å². The molecule has 46 heavy (non-hydrogen) atoms. The Morgan fingerprint density at radius 1 is 0.978 bits per heavy atom. The van der Waals surface area contributed by atoms with Gasteiger partial charge in [-0.25, -0.2) is 13.8 Å². The third kappa shape index (κ3) is 6.62. The molecule has 0 saturated carbocycles. The van der Waals surface area contributed by atoms with Gasteiger partial charge < -0.3 is 15.5 Å². The molecule has 0 saturated heterocycles. The van der Waals surface area contributed by atoms with Gasteiger partial charge in [-0.3, -0.25) is 14.8 Å². The SMILES string of the molecule is Cc1nnc(-c2c(CCc3ccc(F)cc3)nc(CC(C)C)c(C(N)=O)c2-c2cc3ccnc(NCc4cncc(F)c4)c3s2)o1. The second-order valence-corrected chi connectivity index (χ2v) is 12.5. The molecule has 0 aliphatic rings. The first kappa shape index (κ1) is 30.9. The highest BCUT2D eigenvalue weighted by atomic mass is 32.1. The first-order valence-corrected chi connectivity index (χ1v) is 15.6. The molecule has 12 heteroatoms. The molecule has 0 atom stereocenters. The van der Waals surface area contributed by atoms with Crippen LogP contribution < -0.4 is 11.1 Å². The Balaban J connectivity index is 1.53. The van der Waals surface area contributed by atoms with E-state index in [0.717, 1.165) is 26.7 Å². The van der Waals surface area contributed by atoms with Crippen molar-refractivity contribution in [3.63, 3.8) is 0 Å². The molecule has 1 aromatic carbocycles. The molecule has 6 aromatic rings. The first-order chi connectivity index (χ1) is 22.2. The van der Waals surface area contributed by atoms with E-state index < -0.39 is 11.7 Å². The molecule has 0 bridgehead atoms. The number of primary amides is 1. The number of amides is 1. The second kappa shape index (κ2) is 13.1. The number of nitrogens with one attached hydrogen (secondary N) is 1. The lowest BCUT2D eigenvalue weighted by atomic mass is 9.91. The van der Waals surface area contributed by atoms with Crippen molar-refractivity contribution in [3.05, 3.63) is 107 Å². The maximum Gasteiger partial charge on any atom is 0.251 e. The standard InChI is InChI=1S/C34H31F2N7O2S/c1-18(2)12-26-28(32(37)44)30(27-14-22-10-11-39-33(31(22)46-27)40-16-21-13-24(36)17-38-15-21)29(34-43-42-19(3)45-34)25(41-26)9-6-20-4-7-23(35)8-5-20/h4-5,7-8,10-11,13-15,17-18H,6,9,12,16H2,1-3H3,(H2,37,44)(H,39,40). The lowest BCUT2D eigenvalue weighted by Gasteiger charge is -2.19. The molecule has 1 amide bonds. The number of aromatic nitrogens is 5. The molecule has 234 valence electrons. The highest BCUT2D eigenvalue weighted by Gasteiger charge is 2.29. The number of aryl methyl sites for hydroxylation is 3. The van der Waals surface area contributed by atoms with Crippen LogP contribution in [-0.4, -0.2) is 31.1 Å². The van der Waals surface area contributed by atoms with Gasteiger partial charge >= 0.3 is 0 Å². The quantitative estimate of drug-likeness (QED) is 0.154. The van der Waals surface area contributed by atoms with Crippen LogP contribution in [0.5, 0.6) is 0 Å². The molecule has 9 nitrogen and oxygen atoms in total. The number of benzene rings is 1. The summed E-state index contributed by atoms with van der Waals surface area (Å²) in [5.74, 6) is 0.0137. The Labute approximate surface area is 268 Å². The van der Waals surface area contributed by atoms with Crippen LogP contribution in [0.25, 0.3) is 32.0 Å². The van der Waals surface area contributed by atoms with Crippen LogP contribution in [0.4, 0.5) is 14.6 Å². The van der Waals surface area contributed by atoms with Crippen LogP contribution in [0.3, 0.4) is 0 Å². The zero-order valence-corrected chi connectivity index (χ0v) is 26.3. The smallest absolute Gasteiger partial charge is 0.251 e. The maximum absolute atomic E-state index is 13.8. The molecule has 0 spiro atoms. The summed E-state index contributed by atoms with van der Waals surface area (Å²) >= 11 is 1.43. The van der Waals surface area contributed by atoms with E-state index in [1.54, 1.807) is 31.5 Å². The number of pyridine rings is 3. The minimum Gasteiger partial charge on any atom is -0.421 e. The minimum atomic E-state index is -0.617. The number of nitrogens with two attached hydrogens (primary N) is 1. The summed E-state index contributed by atoms with van der Waals surface area (Å²) in [4.78, 5) is 27.5. The number of hydrogen-bond acceptors (Lipinski definition) is 9. The largest absolute Gasteiger partial charge is 0.421 e. The van der Waals surface area contributed by atoms with E-state index in [1.165, 1.54) is 29.5 Å². The monoisotopic (exact) mass is 639 g/mol. The van der Waals surface area contributed by atoms with Gasteiger partial charge in [0.15, 0.2) is 0 Å². The normalized spacial score (nSPS) is 11.4. The molecule has 0 radical (unpaired) electrons. The van der Waals surface area contributed by atoms with Crippen molar-refractivity contribution >= 4 is 33.1 Å². The van der Waals surface area contributed by atoms with Gasteiger partial charge in [-0.15, -0.1) is 21.5 Å². The Morgan fingerprint density at radius 3 is 2.48 bits per heavy atom. The minimum absolute atomic E-state index is 0.180. The molecule has 6 rings (SSSR count). The summed E-state index contributed by atoms with van der Waals surface area (Å²) in [6.07, 6.45) is 5.97. The molecule has 0 fully saturated rings. The summed E-state index contributed by atoms with van der Waals surface area (Å²) < 4.78 is 34.2. The molecule has 3 N–H and O–H groups in total. The van der Waals surface area contributed by atoms with Gasteiger partial charge in [0.1, 0.15) is 17.5 Å². The van der Waals surface area contributed by atoms with Crippen LogP contribution in [0, 0.1) is 24.5 Å². The van der Waals surface area contributed by atoms with Crippen molar-refractivity contribution < 1.29 is 18.0 Å². The van der Waals surface area contributed by atoms with E-state index in [2.05, 4.69) is 39.3 Å². The van der Waals surface area contributed by atoms with Gasteiger partial charge in [0.25, 0.3) is 5.91 Å². The number of carbonyl (C=O) groups excluding carboxylic acids is 1. The number of carbonyl (C=O) groups is 1. The van der Waals surface area contributed by atoms with Crippen molar-refractivity contribution in [3.8, 4) is 21.9 Å². The van der Waals surface area contributed by atoms with Gasteiger partial charge in [0.2, 0.25) is 11.8 Å². The third-order valence-corrected chi connectivity index (χ3v) is 8.58. The van der Waals surface area contributed by atoms with Gasteiger partial charge in [0.05, 0.1) is 33.4 Å². The molecule has 0 aliphatic heterocycles. The predicted molar refractivity (Wildman–Crippen MR) is 173 cm³/mol. The number of hydrogen-bond donors (Lipinski definition) is 2. The van der Waals surface area contributed by atoms with E-state index >= 15 is 0 Å². The van der Waals surface area contributed by atoms with Gasteiger partial charge in [-0.05, 0) is 72.0 Å². The summed E-state index contributed by atoms with van der Waals surface area (Å²) in [6.45, 7) is 6.11. The Kier molecular flexibility index (Phi) is 8.80. The fraction of sp³-hybridized carbons (Fsp3) is 0.235. The molecule has 5 aromatic heterocycles. The van der Waals surface area contributed by atoms with Crippen LogP contribution in [-0.2, 0) is 25.8 Å². The number of nitrogens with zero attached hydrogens (tertiary/aromatic N) is 5. The van der Waals surface area contributed by atoms with Crippen LogP contribution in [0.15, 0.2) is 65.5 Å². The second-order valence-electron chi connectivity index (χ2n) is 11.4. The Hall–Kier alpha value is -5.10. The summed E-state index contributed by atoms with van der Waals surface area (Å²) in [7, 11) is 0. The average molecular weight is 640 g/mol. The number of thiophene rings is 1. The molecule has 0 unspecified atom stereocenters. The summed E-state index contributed by atoms with van der Waals surface area (Å²) in [5.41, 5.74) is 10.4. The van der Waals surface area contributed by atoms with Crippen molar-refractivity contribution in [2.75, 3.05) is 5.32 Å². The highest BCUT2D eigenvalue weighted by Crippen LogP contribution is 2.44. The fourth-order valence-corrected chi connectivity index (χ4v) is 6.59. The van der Waals surface area contributed by atoms with Gasteiger partial charge in [-0.2, -0.15) is 0 Å². The van der Waals surface area contributed by atoms with Crippen LogP contribution >= 0.6 is 11.3 Å². The first-order valence-electron chi connectivity index (χ1n) is 14.8. The van der Waals surface area contributed by atoms with Crippen molar-refractivity contribution in [1.29, 1.82) is 0 Å². The molecule has 5 heterocycles. The average Bonchev–Trinajstić information content (AvgIpc) is 3.65. The van der Waals surface area contributed by atoms with Crippen molar-refractivity contribution in [1.82, 2.24) is 25.1 Å². The van der Waals surface area contributed by atoms with E-state index in [1.807, 2.05) is 12.1 Å². The van der Waals surface area contributed by atoms with Crippen LogP contribution in [0.1, 0.15) is 52.6 Å². The lowest BCUT2D eigenvalue weighted by Crippen LogP contribution is -2.20. The number of rotatable bonds is 11. The lowest BCUT2D eigenvalue weighted by molar-refractivity contribution is 0.0999. The molecular weight excluding hydrogens is 608 g/mol. The fourth-order valence-electron chi connectivity index (χ4n) is 5.41. The van der Waals surface area contributed by atoms with Crippen LogP contribution in [0.2, 0.25) is 0 Å². The van der Waals surface area contributed by atoms with Gasteiger partial charge in [0, 0.05) is 36.3 Å². The molecule has 0 aliphatic carbocycles. The summed E-state index contributed by atoms with van der Waals surface area (Å²) in [6, 6.07) is 11.6. The Morgan fingerprint density at radius 2 is 1.78 bits per heavy atom. The zero-order chi connectivity index (χ0) is 32.4. The number of fused-ring (bicyclic) bond motifs is 1. The zero-order valence-electron chi connectivity index (χ0n) is 25.5. The highest BCUT2D eigenvalue weighted by molar-refractivity contribution is 7.23. The van der Waals surface area contributed by atoms with Crippen molar-refractivity contribution in [2.24, 2.45) is 11.7 Å². The summed E-state index contributed by atoms with van der Waals surface area (Å²) in [5, 5.41) is 12.6. The van der Waals surface area contributed by atoms with Crippen molar-refractivity contribution in [2.45, 2.75) is 46.6 Å². The number of halogens is 2.